The Labute approximate surface area is 218 Å². The molecule has 1 amide bonds. The number of amides is 1. The molecule has 2 N–H and O–H groups in total. The molecule has 1 fully saturated rings. The highest BCUT2D eigenvalue weighted by Gasteiger charge is 2.38. The number of carbonyl (C=O) groups is 1. The lowest BCUT2D eigenvalue weighted by Gasteiger charge is -2.42. The average Bonchev–Trinajstić information content (AvgIpc) is 2.90. The summed E-state index contributed by atoms with van der Waals surface area (Å²) in [5, 5.41) is 12.8. The van der Waals surface area contributed by atoms with Gasteiger partial charge < -0.3 is 10.4 Å². The predicted molar refractivity (Wildman–Crippen MR) is 139 cm³/mol. The van der Waals surface area contributed by atoms with E-state index in [9.17, 15) is 27.1 Å². The summed E-state index contributed by atoms with van der Waals surface area (Å²) >= 11 is 0. The number of alkyl halides is 2. The quantitative estimate of drug-likeness (QED) is 0.507. The fourth-order valence-electron chi connectivity index (χ4n) is 5.51. The number of fused-ring (bicyclic) bond motifs is 1. The van der Waals surface area contributed by atoms with Crippen molar-refractivity contribution in [1.29, 1.82) is 0 Å². The molecule has 2 aliphatic rings. The van der Waals surface area contributed by atoms with Gasteiger partial charge in [0, 0.05) is 37.5 Å². The highest BCUT2D eigenvalue weighted by Crippen LogP contribution is 2.39. The third kappa shape index (κ3) is 6.21. The summed E-state index contributed by atoms with van der Waals surface area (Å²) in [7, 11) is -3.34. The van der Waals surface area contributed by atoms with Crippen LogP contribution in [0, 0.1) is 0 Å². The van der Waals surface area contributed by atoms with Gasteiger partial charge in [-0.3, -0.25) is 9.69 Å². The standard InChI is InChI=1S/C28H36F2N2O4S/c1-3-19-16-32(23-11-13-28(29,30)14-12-23)17-22-15-21(7-10-25(19)22)27(34)31-26(18-33)20-5-8-24(9-6-20)37(35,36)4-2/h5-10,15,19,23,26,33H,3-4,11-14,16-18H2,1-2H3,(H,31,34). The molecule has 1 aliphatic heterocycles. The molecule has 6 nitrogen and oxygen atoms in total. The minimum absolute atomic E-state index is 0.00557. The van der Waals surface area contributed by atoms with E-state index in [-0.39, 0.29) is 48.0 Å². The lowest BCUT2D eigenvalue weighted by molar-refractivity contribution is -0.0561. The van der Waals surface area contributed by atoms with Crippen LogP contribution in [0.3, 0.4) is 0 Å². The van der Waals surface area contributed by atoms with Gasteiger partial charge in [0.15, 0.2) is 9.84 Å². The Kier molecular flexibility index (Phi) is 8.35. The fraction of sp³-hybridized carbons (Fsp3) is 0.536. The van der Waals surface area contributed by atoms with Crippen LogP contribution in [0.15, 0.2) is 47.4 Å². The molecule has 2 unspecified atom stereocenters. The Morgan fingerprint density at radius 2 is 1.81 bits per heavy atom. The number of aliphatic hydroxyl groups is 1. The lowest BCUT2D eigenvalue weighted by atomic mass is 9.83. The molecule has 0 saturated heterocycles. The van der Waals surface area contributed by atoms with E-state index in [1.165, 1.54) is 17.7 Å². The molecule has 4 rings (SSSR count). The zero-order chi connectivity index (χ0) is 26.8. The molecule has 9 heteroatoms. The summed E-state index contributed by atoms with van der Waals surface area (Å²) in [6.07, 6.45) is 1.74. The van der Waals surface area contributed by atoms with Crippen molar-refractivity contribution in [3.8, 4) is 0 Å². The molecule has 0 radical (unpaired) electrons. The third-order valence-corrected chi connectivity index (χ3v) is 9.63. The second-order valence-electron chi connectivity index (χ2n) is 10.2. The SMILES string of the molecule is CCC1CN(C2CCC(F)(F)CC2)Cc2cc(C(=O)NC(CO)c3ccc(S(=O)(=O)CC)cc3)ccc21. The number of sulfone groups is 1. The summed E-state index contributed by atoms with van der Waals surface area (Å²) in [6, 6.07) is 11.3. The number of hydrogen-bond donors (Lipinski definition) is 2. The molecule has 1 heterocycles. The first-order chi connectivity index (χ1) is 17.6. The molecule has 0 spiro atoms. The monoisotopic (exact) mass is 534 g/mol. The minimum Gasteiger partial charge on any atom is -0.394 e. The molecule has 1 aliphatic carbocycles. The van der Waals surface area contributed by atoms with Crippen molar-refractivity contribution in [3.05, 3.63) is 64.7 Å². The van der Waals surface area contributed by atoms with E-state index in [0.29, 0.717) is 30.5 Å². The maximum absolute atomic E-state index is 13.7. The molecule has 202 valence electrons. The number of hydrogen-bond acceptors (Lipinski definition) is 5. The van der Waals surface area contributed by atoms with Gasteiger partial charge in [-0.05, 0) is 66.1 Å². The Hall–Kier alpha value is -2.36. The van der Waals surface area contributed by atoms with Crippen LogP contribution in [0.5, 0.6) is 0 Å². The number of nitrogens with zero attached hydrogens (tertiary/aromatic N) is 1. The number of halogens is 2. The van der Waals surface area contributed by atoms with E-state index >= 15 is 0 Å². The summed E-state index contributed by atoms with van der Waals surface area (Å²) in [5.41, 5.74) is 3.31. The van der Waals surface area contributed by atoms with Gasteiger partial charge in [0.25, 0.3) is 5.91 Å². The molecule has 0 aromatic heterocycles. The average molecular weight is 535 g/mol. The Morgan fingerprint density at radius 3 is 2.41 bits per heavy atom. The molecule has 2 aromatic rings. The number of rotatable bonds is 8. The van der Waals surface area contributed by atoms with Crippen molar-refractivity contribution in [1.82, 2.24) is 10.2 Å². The van der Waals surface area contributed by atoms with E-state index in [1.807, 2.05) is 12.1 Å². The van der Waals surface area contributed by atoms with Crippen molar-refractivity contribution >= 4 is 15.7 Å². The number of benzene rings is 2. The molecule has 0 bridgehead atoms. The first kappa shape index (κ1) is 27.7. The smallest absolute Gasteiger partial charge is 0.251 e. The van der Waals surface area contributed by atoms with Crippen LogP contribution in [-0.2, 0) is 16.4 Å². The van der Waals surface area contributed by atoms with Crippen molar-refractivity contribution in [2.45, 2.75) is 81.3 Å². The van der Waals surface area contributed by atoms with Gasteiger partial charge in [-0.25, -0.2) is 17.2 Å². The fourth-order valence-corrected chi connectivity index (χ4v) is 6.40. The van der Waals surface area contributed by atoms with Crippen molar-refractivity contribution in [2.24, 2.45) is 0 Å². The Balaban J connectivity index is 1.49. The summed E-state index contributed by atoms with van der Waals surface area (Å²) in [5.74, 6) is -2.62. The van der Waals surface area contributed by atoms with Gasteiger partial charge in [-0.1, -0.05) is 32.0 Å². The van der Waals surface area contributed by atoms with Crippen LogP contribution in [0.2, 0.25) is 0 Å². The third-order valence-electron chi connectivity index (χ3n) is 7.88. The Morgan fingerprint density at radius 1 is 1.14 bits per heavy atom. The van der Waals surface area contributed by atoms with Crippen LogP contribution in [0.4, 0.5) is 8.78 Å². The van der Waals surface area contributed by atoms with Crippen LogP contribution < -0.4 is 5.32 Å². The second kappa shape index (κ2) is 11.2. The maximum Gasteiger partial charge on any atom is 0.251 e. The maximum atomic E-state index is 13.7. The van der Waals surface area contributed by atoms with Gasteiger partial charge in [0.05, 0.1) is 23.3 Å². The van der Waals surface area contributed by atoms with Crippen molar-refractivity contribution < 1.29 is 27.1 Å². The van der Waals surface area contributed by atoms with Gasteiger partial charge in [-0.15, -0.1) is 0 Å². The van der Waals surface area contributed by atoms with Crippen molar-refractivity contribution in [2.75, 3.05) is 18.9 Å². The van der Waals surface area contributed by atoms with Crippen LogP contribution >= 0.6 is 0 Å². The normalized spacial score (nSPS) is 21.3. The molecular weight excluding hydrogens is 498 g/mol. The highest BCUT2D eigenvalue weighted by atomic mass is 32.2. The number of aliphatic hydroxyl groups excluding tert-OH is 1. The van der Waals surface area contributed by atoms with Crippen LogP contribution in [-0.4, -0.2) is 55.2 Å². The topological polar surface area (TPSA) is 86.7 Å². The molecule has 37 heavy (non-hydrogen) atoms. The van der Waals surface area contributed by atoms with Gasteiger partial charge in [0.2, 0.25) is 5.92 Å². The van der Waals surface area contributed by atoms with Gasteiger partial charge in [-0.2, -0.15) is 0 Å². The molecule has 2 aromatic carbocycles. The van der Waals surface area contributed by atoms with E-state index in [2.05, 4.69) is 17.1 Å². The zero-order valence-corrected chi connectivity index (χ0v) is 22.2. The lowest BCUT2D eigenvalue weighted by Crippen LogP contribution is -2.44. The van der Waals surface area contributed by atoms with Crippen LogP contribution in [0.1, 0.15) is 85.0 Å². The number of nitrogens with one attached hydrogen (secondary N) is 1. The highest BCUT2D eigenvalue weighted by molar-refractivity contribution is 7.91. The Bertz CT molecular complexity index is 1210. The first-order valence-electron chi connectivity index (χ1n) is 13.1. The molecule has 2 atom stereocenters. The van der Waals surface area contributed by atoms with Gasteiger partial charge >= 0.3 is 0 Å². The van der Waals surface area contributed by atoms with Crippen molar-refractivity contribution in [3.63, 3.8) is 0 Å². The minimum atomic E-state index is -3.34. The first-order valence-corrected chi connectivity index (χ1v) is 14.7. The van der Waals surface area contributed by atoms with Gasteiger partial charge in [0.1, 0.15) is 0 Å². The van der Waals surface area contributed by atoms with E-state index in [0.717, 1.165) is 18.5 Å². The summed E-state index contributed by atoms with van der Waals surface area (Å²) < 4.78 is 51.6. The second-order valence-corrected chi connectivity index (χ2v) is 12.5. The molecule has 1 saturated carbocycles. The summed E-state index contributed by atoms with van der Waals surface area (Å²) in [6.45, 7) is 4.82. The largest absolute Gasteiger partial charge is 0.394 e. The van der Waals surface area contributed by atoms with E-state index in [4.69, 9.17) is 0 Å². The molecular formula is C28H36F2N2O4S. The number of carbonyl (C=O) groups excluding carboxylic acids is 1. The zero-order valence-electron chi connectivity index (χ0n) is 21.4. The van der Waals surface area contributed by atoms with E-state index in [1.54, 1.807) is 25.1 Å². The van der Waals surface area contributed by atoms with Crippen LogP contribution in [0.25, 0.3) is 0 Å². The van der Waals surface area contributed by atoms with E-state index < -0.39 is 21.8 Å². The summed E-state index contributed by atoms with van der Waals surface area (Å²) in [4.78, 5) is 15.6. The predicted octanol–water partition coefficient (Wildman–Crippen LogP) is 4.83.